The number of rotatable bonds is 1. The van der Waals surface area contributed by atoms with Crippen LogP contribution in [0.3, 0.4) is 0 Å². The highest BCUT2D eigenvalue weighted by Gasteiger charge is 2.34. The molecule has 1 saturated carbocycles. The maximum absolute atomic E-state index is 4.70. The van der Waals surface area contributed by atoms with Gasteiger partial charge in [-0.25, -0.2) is 0 Å². The second kappa shape index (κ2) is 2.81. The van der Waals surface area contributed by atoms with Crippen LogP contribution in [0.2, 0.25) is 0 Å². The Morgan fingerprint density at radius 1 is 1.17 bits per heavy atom. The third-order valence-electron chi connectivity index (χ3n) is 2.77. The van der Waals surface area contributed by atoms with Gasteiger partial charge in [0.05, 0.1) is 0 Å². The van der Waals surface area contributed by atoms with Crippen molar-refractivity contribution in [2.75, 3.05) is 0 Å². The molecule has 64 valence electrons. The summed E-state index contributed by atoms with van der Waals surface area (Å²) in [7, 11) is 0. The minimum Gasteiger partial charge on any atom is -0.168 e. The first kappa shape index (κ1) is 8.18. The van der Waals surface area contributed by atoms with Crippen LogP contribution in [0.25, 0.3) is 0 Å². The number of thiol groups is 1. The standard InChI is InChI=1S/C11H14S/c1-9-3-5-10(6-4-9)11(12)7-2-8-11/h3-6,12H,2,7-8H2,1H3. The van der Waals surface area contributed by atoms with Crippen molar-refractivity contribution in [1.29, 1.82) is 0 Å². The third-order valence-corrected chi connectivity index (χ3v) is 3.48. The quantitative estimate of drug-likeness (QED) is 0.627. The first-order chi connectivity index (χ1) is 5.71. The van der Waals surface area contributed by atoms with Crippen LogP contribution in [0.1, 0.15) is 30.4 Å². The molecule has 0 N–H and O–H groups in total. The molecule has 0 spiro atoms. The summed E-state index contributed by atoms with van der Waals surface area (Å²) in [5.41, 5.74) is 2.72. The number of hydrogen-bond acceptors (Lipinski definition) is 1. The van der Waals surface area contributed by atoms with Gasteiger partial charge in [0, 0.05) is 4.75 Å². The molecule has 0 atom stereocenters. The zero-order chi connectivity index (χ0) is 8.60. The monoisotopic (exact) mass is 178 g/mol. The Morgan fingerprint density at radius 3 is 2.17 bits per heavy atom. The van der Waals surface area contributed by atoms with Crippen molar-refractivity contribution < 1.29 is 0 Å². The molecule has 0 aliphatic heterocycles. The van der Waals surface area contributed by atoms with E-state index in [1.807, 2.05) is 0 Å². The Bertz CT molecular complexity index is 270. The predicted molar refractivity (Wildman–Crippen MR) is 55.7 cm³/mol. The lowest BCUT2D eigenvalue weighted by atomic mass is 9.79. The summed E-state index contributed by atoms with van der Waals surface area (Å²) >= 11 is 4.70. The number of hydrogen-bond donors (Lipinski definition) is 1. The van der Waals surface area contributed by atoms with E-state index in [2.05, 4.69) is 31.2 Å². The van der Waals surface area contributed by atoms with Crippen LogP contribution in [0, 0.1) is 6.92 Å². The van der Waals surface area contributed by atoms with Crippen molar-refractivity contribution in [3.8, 4) is 0 Å². The smallest absolute Gasteiger partial charge is 0.0378 e. The van der Waals surface area contributed by atoms with E-state index in [4.69, 9.17) is 12.6 Å². The number of aryl methyl sites for hydroxylation is 1. The molecule has 1 aliphatic carbocycles. The molecular weight excluding hydrogens is 164 g/mol. The SMILES string of the molecule is Cc1ccc(C2(S)CCC2)cc1. The van der Waals surface area contributed by atoms with E-state index in [1.165, 1.54) is 30.4 Å². The van der Waals surface area contributed by atoms with Gasteiger partial charge in [0.1, 0.15) is 0 Å². The maximum Gasteiger partial charge on any atom is 0.0378 e. The van der Waals surface area contributed by atoms with Gasteiger partial charge >= 0.3 is 0 Å². The van der Waals surface area contributed by atoms with Crippen molar-refractivity contribution in [2.24, 2.45) is 0 Å². The van der Waals surface area contributed by atoms with E-state index >= 15 is 0 Å². The zero-order valence-corrected chi connectivity index (χ0v) is 8.27. The lowest BCUT2D eigenvalue weighted by Crippen LogP contribution is -2.27. The van der Waals surface area contributed by atoms with Crippen molar-refractivity contribution in [3.05, 3.63) is 35.4 Å². The molecule has 1 aromatic rings. The molecule has 0 unspecified atom stereocenters. The average Bonchev–Trinajstić information content (AvgIpc) is 2.02. The first-order valence-corrected chi connectivity index (χ1v) is 4.95. The molecule has 0 saturated heterocycles. The van der Waals surface area contributed by atoms with Crippen LogP contribution in [0.15, 0.2) is 24.3 Å². The topological polar surface area (TPSA) is 0 Å². The van der Waals surface area contributed by atoms with Crippen molar-refractivity contribution in [1.82, 2.24) is 0 Å². The highest BCUT2D eigenvalue weighted by molar-refractivity contribution is 7.81. The zero-order valence-electron chi connectivity index (χ0n) is 7.38. The van der Waals surface area contributed by atoms with Crippen molar-refractivity contribution >= 4 is 12.6 Å². The predicted octanol–water partition coefficient (Wildman–Crippen LogP) is 3.30. The van der Waals surface area contributed by atoms with Gasteiger partial charge in [0.25, 0.3) is 0 Å². The molecule has 0 aromatic heterocycles. The Hall–Kier alpha value is -0.430. The molecule has 0 bridgehead atoms. The van der Waals surface area contributed by atoms with Gasteiger partial charge in [-0.15, -0.1) is 0 Å². The van der Waals surface area contributed by atoms with Gasteiger partial charge in [-0.2, -0.15) is 12.6 Å². The average molecular weight is 178 g/mol. The fraction of sp³-hybridized carbons (Fsp3) is 0.455. The second-order valence-electron chi connectivity index (χ2n) is 3.75. The molecule has 2 rings (SSSR count). The highest BCUT2D eigenvalue weighted by Crippen LogP contribution is 2.46. The molecule has 1 heteroatoms. The molecule has 0 amide bonds. The lowest BCUT2D eigenvalue weighted by molar-refractivity contribution is 0.376. The van der Waals surface area contributed by atoms with Crippen LogP contribution < -0.4 is 0 Å². The molecular formula is C11H14S. The summed E-state index contributed by atoms with van der Waals surface area (Å²) in [4.78, 5) is 0. The summed E-state index contributed by atoms with van der Waals surface area (Å²) in [6.07, 6.45) is 3.80. The van der Waals surface area contributed by atoms with E-state index in [0.717, 1.165) is 0 Å². The summed E-state index contributed by atoms with van der Waals surface area (Å²) in [5, 5.41) is 0. The van der Waals surface area contributed by atoms with Crippen LogP contribution in [-0.2, 0) is 4.75 Å². The second-order valence-corrected chi connectivity index (χ2v) is 4.61. The summed E-state index contributed by atoms with van der Waals surface area (Å²) in [5.74, 6) is 0. The van der Waals surface area contributed by atoms with E-state index < -0.39 is 0 Å². The highest BCUT2D eigenvalue weighted by atomic mass is 32.1. The van der Waals surface area contributed by atoms with Crippen LogP contribution in [0.5, 0.6) is 0 Å². The third kappa shape index (κ3) is 1.27. The fourth-order valence-corrected chi connectivity index (χ4v) is 2.13. The van der Waals surface area contributed by atoms with Crippen molar-refractivity contribution in [2.45, 2.75) is 30.9 Å². The van der Waals surface area contributed by atoms with Crippen molar-refractivity contribution in [3.63, 3.8) is 0 Å². The van der Waals surface area contributed by atoms with E-state index in [9.17, 15) is 0 Å². The first-order valence-electron chi connectivity index (χ1n) is 4.50. The summed E-state index contributed by atoms with van der Waals surface area (Å²) < 4.78 is 0.202. The van der Waals surface area contributed by atoms with Crippen LogP contribution in [-0.4, -0.2) is 0 Å². The largest absolute Gasteiger partial charge is 0.168 e. The summed E-state index contributed by atoms with van der Waals surface area (Å²) in [6.45, 7) is 2.12. The van der Waals surface area contributed by atoms with Gasteiger partial charge < -0.3 is 0 Å². The molecule has 1 aromatic carbocycles. The van der Waals surface area contributed by atoms with Gasteiger partial charge in [-0.3, -0.25) is 0 Å². The van der Waals surface area contributed by atoms with Gasteiger partial charge in [-0.05, 0) is 25.3 Å². The molecule has 0 nitrogen and oxygen atoms in total. The maximum atomic E-state index is 4.70. The van der Waals surface area contributed by atoms with Crippen LogP contribution in [0.4, 0.5) is 0 Å². The number of benzene rings is 1. The van der Waals surface area contributed by atoms with Gasteiger partial charge in [0.15, 0.2) is 0 Å². The summed E-state index contributed by atoms with van der Waals surface area (Å²) in [6, 6.07) is 8.76. The Labute approximate surface area is 79.4 Å². The van der Waals surface area contributed by atoms with Gasteiger partial charge in [0.2, 0.25) is 0 Å². The molecule has 1 aliphatic rings. The minimum atomic E-state index is 0.202. The van der Waals surface area contributed by atoms with E-state index in [0.29, 0.717) is 0 Å². The Balaban J connectivity index is 2.28. The van der Waals surface area contributed by atoms with E-state index in [-0.39, 0.29) is 4.75 Å². The molecule has 1 fully saturated rings. The lowest BCUT2D eigenvalue weighted by Gasteiger charge is -2.37. The molecule has 0 heterocycles. The minimum absolute atomic E-state index is 0.202. The normalized spacial score (nSPS) is 20.2. The van der Waals surface area contributed by atoms with E-state index in [1.54, 1.807) is 0 Å². The molecule has 0 radical (unpaired) electrons. The molecule has 12 heavy (non-hydrogen) atoms. The fourth-order valence-electron chi connectivity index (χ4n) is 1.66. The van der Waals surface area contributed by atoms with Gasteiger partial charge in [-0.1, -0.05) is 36.2 Å². The van der Waals surface area contributed by atoms with Crippen LogP contribution >= 0.6 is 12.6 Å². The Kier molecular flexibility index (Phi) is 1.91. The Morgan fingerprint density at radius 2 is 1.75 bits per heavy atom.